The summed E-state index contributed by atoms with van der Waals surface area (Å²) in [6.45, 7) is 1.86. The molecule has 7 heteroatoms. The summed E-state index contributed by atoms with van der Waals surface area (Å²) < 4.78 is 26.8. The van der Waals surface area contributed by atoms with Crippen LogP contribution in [0.1, 0.15) is 19.8 Å². The Morgan fingerprint density at radius 1 is 1.50 bits per heavy atom. The molecule has 100 valence electrons. The third-order valence-corrected chi connectivity index (χ3v) is 4.58. The van der Waals surface area contributed by atoms with Gasteiger partial charge in [-0.1, -0.05) is 42.9 Å². The lowest BCUT2D eigenvalue weighted by atomic mass is 10.2. The zero-order valence-electron chi connectivity index (χ0n) is 9.89. The van der Waals surface area contributed by atoms with Crippen LogP contribution in [0.25, 0.3) is 0 Å². The molecule has 0 aliphatic carbocycles. The molecule has 1 aromatic carbocycles. The topological polar surface area (TPSA) is 72.2 Å². The van der Waals surface area contributed by atoms with Gasteiger partial charge in [0.2, 0.25) is 10.0 Å². The number of halogens is 1. The Morgan fingerprint density at radius 3 is 2.61 bits per heavy atom. The van der Waals surface area contributed by atoms with E-state index in [0.717, 1.165) is 0 Å². The van der Waals surface area contributed by atoms with E-state index in [0.29, 0.717) is 12.8 Å². The molecule has 0 aliphatic rings. The van der Waals surface area contributed by atoms with Crippen LogP contribution < -0.4 is 10.5 Å². The van der Waals surface area contributed by atoms with Gasteiger partial charge in [0.1, 0.15) is 4.90 Å². The summed E-state index contributed by atoms with van der Waals surface area (Å²) in [5, 5.41) is 0.190. The molecule has 3 N–H and O–H groups in total. The summed E-state index contributed by atoms with van der Waals surface area (Å²) >= 11 is 10.7. The lowest BCUT2D eigenvalue weighted by Crippen LogP contribution is -2.37. The van der Waals surface area contributed by atoms with Crippen molar-refractivity contribution in [2.45, 2.75) is 30.7 Å². The first kappa shape index (κ1) is 15.4. The third kappa shape index (κ3) is 4.20. The van der Waals surface area contributed by atoms with E-state index in [1.54, 1.807) is 12.1 Å². The van der Waals surface area contributed by atoms with Gasteiger partial charge >= 0.3 is 0 Å². The molecule has 0 aliphatic heterocycles. The van der Waals surface area contributed by atoms with Crippen LogP contribution in [0.15, 0.2) is 29.2 Å². The summed E-state index contributed by atoms with van der Waals surface area (Å²) in [6.07, 6.45) is 0.927. The second-order valence-corrected chi connectivity index (χ2v) is 6.44. The number of nitrogens with two attached hydrogens (primary N) is 1. The average molecular weight is 307 g/mol. The highest BCUT2D eigenvalue weighted by Gasteiger charge is 2.21. The minimum absolute atomic E-state index is 0.0630. The maximum Gasteiger partial charge on any atom is 0.242 e. The fourth-order valence-electron chi connectivity index (χ4n) is 1.46. The van der Waals surface area contributed by atoms with E-state index < -0.39 is 10.0 Å². The van der Waals surface area contributed by atoms with Crippen molar-refractivity contribution in [1.82, 2.24) is 4.72 Å². The van der Waals surface area contributed by atoms with Crippen LogP contribution in [-0.2, 0) is 10.0 Å². The Hall–Kier alpha value is -0.690. The zero-order chi connectivity index (χ0) is 13.8. The molecule has 1 unspecified atom stereocenters. The molecule has 1 aromatic rings. The molecule has 0 spiro atoms. The van der Waals surface area contributed by atoms with Crippen molar-refractivity contribution in [3.8, 4) is 0 Å². The van der Waals surface area contributed by atoms with Gasteiger partial charge in [0, 0.05) is 12.5 Å². The van der Waals surface area contributed by atoms with Crippen LogP contribution in [0, 0.1) is 0 Å². The summed E-state index contributed by atoms with van der Waals surface area (Å²) in [5.74, 6) is 0. The molecule has 18 heavy (non-hydrogen) atoms. The first-order valence-corrected chi connectivity index (χ1v) is 7.69. The molecule has 1 atom stereocenters. The number of hydrogen-bond donors (Lipinski definition) is 2. The number of thiocarbonyl (C=S) groups is 1. The third-order valence-electron chi connectivity index (χ3n) is 2.39. The van der Waals surface area contributed by atoms with Gasteiger partial charge in [-0.3, -0.25) is 0 Å². The van der Waals surface area contributed by atoms with E-state index in [1.165, 1.54) is 12.1 Å². The van der Waals surface area contributed by atoms with Gasteiger partial charge < -0.3 is 5.73 Å². The standard InChI is InChI=1S/C11H15ClN2O2S2/c1-2-8(7-11(13)17)14-18(15,16)10-6-4-3-5-9(10)12/h3-6,8,14H,2,7H2,1H3,(H2,13,17). The van der Waals surface area contributed by atoms with Crippen molar-refractivity contribution in [2.75, 3.05) is 0 Å². The van der Waals surface area contributed by atoms with Crippen molar-refractivity contribution in [3.63, 3.8) is 0 Å². The van der Waals surface area contributed by atoms with E-state index >= 15 is 0 Å². The number of rotatable bonds is 6. The Bertz CT molecular complexity index is 532. The van der Waals surface area contributed by atoms with E-state index in [9.17, 15) is 8.42 Å². The first-order valence-electron chi connectivity index (χ1n) is 5.42. The fourth-order valence-corrected chi connectivity index (χ4v) is 3.50. The van der Waals surface area contributed by atoms with Gasteiger partial charge in [-0.25, -0.2) is 13.1 Å². The summed E-state index contributed by atoms with van der Waals surface area (Å²) in [5.41, 5.74) is 5.43. The van der Waals surface area contributed by atoms with Crippen molar-refractivity contribution in [2.24, 2.45) is 5.73 Å². The minimum Gasteiger partial charge on any atom is -0.393 e. The number of benzene rings is 1. The van der Waals surface area contributed by atoms with E-state index in [-0.39, 0.29) is 20.9 Å². The van der Waals surface area contributed by atoms with Gasteiger partial charge in [-0.15, -0.1) is 0 Å². The number of sulfonamides is 1. The van der Waals surface area contributed by atoms with Gasteiger partial charge in [0.15, 0.2) is 0 Å². The van der Waals surface area contributed by atoms with Crippen LogP contribution in [0.4, 0.5) is 0 Å². The van der Waals surface area contributed by atoms with E-state index in [2.05, 4.69) is 4.72 Å². The molecule has 0 bridgehead atoms. The van der Waals surface area contributed by atoms with E-state index in [4.69, 9.17) is 29.6 Å². The van der Waals surface area contributed by atoms with Gasteiger partial charge in [0.25, 0.3) is 0 Å². The smallest absolute Gasteiger partial charge is 0.242 e. The molecule has 0 saturated heterocycles. The highest BCUT2D eigenvalue weighted by Crippen LogP contribution is 2.21. The van der Waals surface area contributed by atoms with Crippen molar-refractivity contribution in [3.05, 3.63) is 29.3 Å². The summed E-state index contributed by atoms with van der Waals surface area (Å²) in [6, 6.07) is 5.97. The lowest BCUT2D eigenvalue weighted by molar-refractivity contribution is 0.546. The van der Waals surface area contributed by atoms with Gasteiger partial charge in [-0.2, -0.15) is 0 Å². The molecule has 4 nitrogen and oxygen atoms in total. The van der Waals surface area contributed by atoms with Crippen molar-refractivity contribution >= 4 is 38.8 Å². The fraction of sp³-hybridized carbons (Fsp3) is 0.364. The Kier molecular flexibility index (Phi) is 5.52. The summed E-state index contributed by atoms with van der Waals surface area (Å²) in [4.78, 5) is 0.344. The zero-order valence-corrected chi connectivity index (χ0v) is 12.3. The highest BCUT2D eigenvalue weighted by atomic mass is 35.5. The van der Waals surface area contributed by atoms with Gasteiger partial charge in [0.05, 0.1) is 10.0 Å². The second kappa shape index (κ2) is 6.47. The molecule has 0 aromatic heterocycles. The Morgan fingerprint density at radius 2 is 2.11 bits per heavy atom. The van der Waals surface area contributed by atoms with Crippen molar-refractivity contribution in [1.29, 1.82) is 0 Å². The van der Waals surface area contributed by atoms with Crippen LogP contribution in [0.5, 0.6) is 0 Å². The highest BCUT2D eigenvalue weighted by molar-refractivity contribution is 7.89. The normalized spacial score (nSPS) is 13.2. The van der Waals surface area contributed by atoms with Crippen LogP contribution >= 0.6 is 23.8 Å². The maximum atomic E-state index is 12.1. The van der Waals surface area contributed by atoms with E-state index in [1.807, 2.05) is 6.92 Å². The predicted octanol–water partition coefficient (Wildman–Crippen LogP) is 2.07. The molecule has 0 amide bonds. The Labute approximate surface area is 118 Å². The number of nitrogens with one attached hydrogen (secondary N) is 1. The maximum absolute atomic E-state index is 12.1. The molecule has 0 radical (unpaired) electrons. The molecule has 0 fully saturated rings. The molecule has 0 heterocycles. The quantitative estimate of drug-likeness (QED) is 0.789. The average Bonchev–Trinajstić information content (AvgIpc) is 2.27. The molecular weight excluding hydrogens is 292 g/mol. The van der Waals surface area contributed by atoms with Gasteiger partial charge in [-0.05, 0) is 18.6 Å². The molecule has 1 rings (SSSR count). The second-order valence-electron chi connectivity index (χ2n) is 3.83. The predicted molar refractivity (Wildman–Crippen MR) is 77.3 cm³/mol. The monoisotopic (exact) mass is 306 g/mol. The van der Waals surface area contributed by atoms with Crippen molar-refractivity contribution < 1.29 is 8.42 Å². The first-order chi connectivity index (χ1) is 8.36. The van der Waals surface area contributed by atoms with Crippen LogP contribution in [0.2, 0.25) is 5.02 Å². The minimum atomic E-state index is -3.65. The molecular formula is C11H15ClN2O2S2. The van der Waals surface area contributed by atoms with Crippen LogP contribution in [-0.4, -0.2) is 19.4 Å². The lowest BCUT2D eigenvalue weighted by Gasteiger charge is -2.16. The largest absolute Gasteiger partial charge is 0.393 e. The molecule has 0 saturated carbocycles. The number of hydrogen-bond acceptors (Lipinski definition) is 3. The SMILES string of the molecule is CCC(CC(N)=S)NS(=O)(=O)c1ccccc1Cl. The van der Waals surface area contributed by atoms with Crippen LogP contribution in [0.3, 0.4) is 0 Å². The Balaban J connectivity index is 2.94. The summed E-state index contributed by atoms with van der Waals surface area (Å²) in [7, 11) is -3.65.